The summed E-state index contributed by atoms with van der Waals surface area (Å²) in [5.74, 6) is 0.814. The van der Waals surface area contributed by atoms with Crippen molar-refractivity contribution in [2.75, 3.05) is 11.5 Å². The van der Waals surface area contributed by atoms with E-state index in [2.05, 4.69) is 5.32 Å². The van der Waals surface area contributed by atoms with Crippen molar-refractivity contribution in [2.24, 2.45) is 0 Å². The quantitative estimate of drug-likeness (QED) is 0.645. The van der Waals surface area contributed by atoms with E-state index in [1.807, 2.05) is 79.7 Å². The van der Waals surface area contributed by atoms with Crippen LogP contribution in [0.1, 0.15) is 12.5 Å². The third-order valence-corrected chi connectivity index (χ3v) is 5.42. The number of anilines is 2. The number of ether oxygens (including phenoxy) is 1. The number of hydrogen-bond acceptors (Lipinski definition) is 3. The molecule has 0 atom stereocenters. The largest absolute Gasteiger partial charge is 0.494 e. The number of carbonyl (C=O) groups is 1. The van der Waals surface area contributed by atoms with E-state index < -0.39 is 0 Å². The summed E-state index contributed by atoms with van der Waals surface area (Å²) in [5, 5.41) is 3.04. The average Bonchev–Trinajstić information content (AvgIpc) is 2.71. The van der Waals surface area contributed by atoms with Crippen LogP contribution in [-0.4, -0.2) is 12.6 Å². The molecule has 0 aromatic heterocycles. The van der Waals surface area contributed by atoms with Gasteiger partial charge in [0.1, 0.15) is 5.75 Å². The van der Waals surface area contributed by atoms with Crippen molar-refractivity contribution in [2.45, 2.75) is 23.3 Å². The second-order valence-electron chi connectivity index (χ2n) is 6.11. The number of rotatable bonds is 4. The number of urea groups is 1. The molecule has 1 N–H and O–H groups in total. The van der Waals surface area contributed by atoms with Gasteiger partial charge in [0.2, 0.25) is 0 Å². The molecule has 4 rings (SSSR count). The van der Waals surface area contributed by atoms with E-state index in [0.717, 1.165) is 32.5 Å². The summed E-state index contributed by atoms with van der Waals surface area (Å²) in [6, 6.07) is 23.6. The number of benzene rings is 3. The van der Waals surface area contributed by atoms with E-state index in [1.54, 1.807) is 16.7 Å². The van der Waals surface area contributed by atoms with Gasteiger partial charge in [-0.3, -0.25) is 4.90 Å². The molecule has 1 aliphatic heterocycles. The Labute approximate surface area is 163 Å². The fourth-order valence-corrected chi connectivity index (χ4v) is 4.15. The van der Waals surface area contributed by atoms with E-state index in [-0.39, 0.29) is 6.03 Å². The zero-order valence-corrected chi connectivity index (χ0v) is 15.8. The number of para-hydroxylation sites is 2. The van der Waals surface area contributed by atoms with Crippen LogP contribution in [0.2, 0.25) is 0 Å². The van der Waals surface area contributed by atoms with Crippen LogP contribution >= 0.6 is 11.8 Å². The van der Waals surface area contributed by atoms with Crippen LogP contribution in [0.5, 0.6) is 5.75 Å². The van der Waals surface area contributed by atoms with E-state index >= 15 is 0 Å². The van der Waals surface area contributed by atoms with Crippen molar-refractivity contribution in [3.63, 3.8) is 0 Å². The van der Waals surface area contributed by atoms with Gasteiger partial charge < -0.3 is 10.1 Å². The summed E-state index contributed by atoms with van der Waals surface area (Å²) < 4.78 is 5.54. The lowest BCUT2D eigenvalue weighted by Gasteiger charge is -2.31. The van der Waals surface area contributed by atoms with E-state index in [4.69, 9.17) is 4.74 Å². The molecule has 27 heavy (non-hydrogen) atoms. The summed E-state index contributed by atoms with van der Waals surface area (Å²) in [6.07, 6.45) is 0. The molecule has 2 amide bonds. The van der Waals surface area contributed by atoms with Gasteiger partial charge in [-0.2, -0.15) is 0 Å². The molecule has 4 nitrogen and oxygen atoms in total. The minimum absolute atomic E-state index is 0.142. The Morgan fingerprint density at radius 2 is 1.63 bits per heavy atom. The molecule has 0 saturated heterocycles. The molecule has 0 radical (unpaired) electrons. The van der Waals surface area contributed by atoms with Crippen LogP contribution in [0.25, 0.3) is 0 Å². The van der Waals surface area contributed by atoms with Gasteiger partial charge in [-0.1, -0.05) is 48.2 Å². The standard InChI is InChI=1S/C22H20N2O2S/c1-2-26-17-9-7-8-16(14-17)15-23-22(25)24-18-10-3-5-12-20(18)27-21-13-6-4-11-19(21)24/h3-14H,2,15H2,1H3,(H,23,25). The van der Waals surface area contributed by atoms with Gasteiger partial charge in [-0.25, -0.2) is 4.79 Å². The van der Waals surface area contributed by atoms with Gasteiger partial charge in [-0.05, 0) is 48.9 Å². The lowest BCUT2D eigenvalue weighted by atomic mass is 10.2. The highest BCUT2D eigenvalue weighted by molar-refractivity contribution is 7.99. The van der Waals surface area contributed by atoms with Crippen LogP contribution in [0, 0.1) is 0 Å². The SMILES string of the molecule is CCOc1cccc(CNC(=O)N2c3ccccc3Sc3ccccc32)c1. The maximum Gasteiger partial charge on any atom is 0.326 e. The van der Waals surface area contributed by atoms with Crippen LogP contribution in [0.4, 0.5) is 16.2 Å². The highest BCUT2D eigenvalue weighted by Crippen LogP contribution is 2.47. The van der Waals surface area contributed by atoms with Crippen molar-refractivity contribution in [1.29, 1.82) is 0 Å². The smallest absolute Gasteiger partial charge is 0.326 e. The summed E-state index contributed by atoms with van der Waals surface area (Å²) in [4.78, 5) is 17.0. The Morgan fingerprint density at radius 1 is 0.963 bits per heavy atom. The summed E-state index contributed by atoms with van der Waals surface area (Å²) in [7, 11) is 0. The highest BCUT2D eigenvalue weighted by atomic mass is 32.2. The van der Waals surface area contributed by atoms with E-state index in [1.165, 1.54) is 0 Å². The first-order valence-corrected chi connectivity index (χ1v) is 9.73. The number of nitrogens with zero attached hydrogens (tertiary/aromatic N) is 1. The maximum atomic E-state index is 13.1. The number of carbonyl (C=O) groups excluding carboxylic acids is 1. The molecular weight excluding hydrogens is 356 g/mol. The first kappa shape index (κ1) is 17.5. The monoisotopic (exact) mass is 376 g/mol. The molecule has 0 bridgehead atoms. The number of nitrogens with one attached hydrogen (secondary N) is 1. The van der Waals surface area contributed by atoms with Crippen LogP contribution in [0.15, 0.2) is 82.6 Å². The van der Waals surface area contributed by atoms with Crippen molar-refractivity contribution >= 4 is 29.2 Å². The Bertz CT molecular complexity index is 928. The summed E-state index contributed by atoms with van der Waals surface area (Å²) >= 11 is 1.69. The molecule has 3 aromatic rings. The second-order valence-corrected chi connectivity index (χ2v) is 7.20. The molecule has 0 saturated carbocycles. The predicted octanol–water partition coefficient (Wildman–Crippen LogP) is 5.60. The van der Waals surface area contributed by atoms with Crippen molar-refractivity contribution in [3.05, 3.63) is 78.4 Å². The van der Waals surface area contributed by atoms with Crippen LogP contribution < -0.4 is 15.0 Å². The number of fused-ring (bicyclic) bond motifs is 2. The van der Waals surface area contributed by atoms with E-state index in [0.29, 0.717) is 13.2 Å². The molecule has 5 heteroatoms. The molecule has 1 aliphatic rings. The first-order chi connectivity index (χ1) is 13.3. The highest BCUT2D eigenvalue weighted by Gasteiger charge is 2.27. The fraction of sp³-hybridized carbons (Fsp3) is 0.136. The molecule has 3 aromatic carbocycles. The molecule has 0 aliphatic carbocycles. The van der Waals surface area contributed by atoms with Crippen LogP contribution in [0.3, 0.4) is 0 Å². The molecule has 136 valence electrons. The fourth-order valence-electron chi connectivity index (χ4n) is 3.09. The molecule has 0 fully saturated rings. The van der Waals surface area contributed by atoms with Crippen molar-refractivity contribution < 1.29 is 9.53 Å². The zero-order chi connectivity index (χ0) is 18.6. The summed E-state index contributed by atoms with van der Waals surface area (Å²) in [5.41, 5.74) is 2.81. The third-order valence-electron chi connectivity index (χ3n) is 4.29. The molecule has 0 unspecified atom stereocenters. The third kappa shape index (κ3) is 3.64. The molecular formula is C22H20N2O2S. The van der Waals surface area contributed by atoms with Crippen LogP contribution in [-0.2, 0) is 6.54 Å². The minimum atomic E-state index is -0.142. The number of hydrogen-bond donors (Lipinski definition) is 1. The van der Waals surface area contributed by atoms with Gasteiger partial charge in [0.05, 0.1) is 18.0 Å². The van der Waals surface area contributed by atoms with Crippen molar-refractivity contribution in [3.8, 4) is 5.75 Å². The average molecular weight is 376 g/mol. The Hall–Kier alpha value is -2.92. The first-order valence-electron chi connectivity index (χ1n) is 8.92. The van der Waals surface area contributed by atoms with Gasteiger partial charge in [0, 0.05) is 16.3 Å². The normalized spacial score (nSPS) is 12.1. The lowest BCUT2D eigenvalue weighted by molar-refractivity contribution is 0.248. The lowest BCUT2D eigenvalue weighted by Crippen LogP contribution is -2.37. The Balaban J connectivity index is 1.58. The topological polar surface area (TPSA) is 41.6 Å². The predicted molar refractivity (Wildman–Crippen MR) is 109 cm³/mol. The van der Waals surface area contributed by atoms with Crippen molar-refractivity contribution in [1.82, 2.24) is 5.32 Å². The maximum absolute atomic E-state index is 13.1. The zero-order valence-electron chi connectivity index (χ0n) is 15.0. The second kappa shape index (κ2) is 7.76. The summed E-state index contributed by atoms with van der Waals surface area (Å²) in [6.45, 7) is 3.01. The molecule has 0 spiro atoms. The van der Waals surface area contributed by atoms with Gasteiger partial charge in [0.25, 0.3) is 0 Å². The van der Waals surface area contributed by atoms with Gasteiger partial charge >= 0.3 is 6.03 Å². The molecule has 1 heterocycles. The number of amides is 2. The Kier molecular flexibility index (Phi) is 5.03. The van der Waals surface area contributed by atoms with Gasteiger partial charge in [0.15, 0.2) is 0 Å². The minimum Gasteiger partial charge on any atom is -0.494 e. The van der Waals surface area contributed by atoms with Gasteiger partial charge in [-0.15, -0.1) is 0 Å². The van der Waals surface area contributed by atoms with E-state index in [9.17, 15) is 4.79 Å². The Morgan fingerprint density at radius 3 is 2.30 bits per heavy atom.